The van der Waals surface area contributed by atoms with E-state index in [4.69, 9.17) is 4.74 Å². The minimum Gasteiger partial charge on any atom is -0.380 e. The predicted octanol–water partition coefficient (Wildman–Crippen LogP) is 1.42. The summed E-state index contributed by atoms with van der Waals surface area (Å²) in [6.45, 7) is 4.67. The van der Waals surface area contributed by atoms with E-state index >= 15 is 0 Å². The fourth-order valence-electron chi connectivity index (χ4n) is 1.34. The van der Waals surface area contributed by atoms with Crippen molar-refractivity contribution in [2.75, 3.05) is 25.5 Å². The largest absolute Gasteiger partial charge is 0.380 e. The average molecular weight is 255 g/mol. The summed E-state index contributed by atoms with van der Waals surface area (Å²) in [6, 6.07) is 1.16. The monoisotopic (exact) mass is 255 g/mol. The molecule has 0 radical (unpaired) electrons. The van der Waals surface area contributed by atoms with Crippen molar-refractivity contribution in [3.05, 3.63) is 23.6 Å². The van der Waals surface area contributed by atoms with Gasteiger partial charge in [-0.3, -0.25) is 4.79 Å². The zero-order valence-corrected chi connectivity index (χ0v) is 10.8. The second-order valence-corrected chi connectivity index (χ2v) is 3.84. The molecule has 0 aliphatic carbocycles. The molecule has 0 bridgehead atoms. The van der Waals surface area contributed by atoms with E-state index in [2.05, 4.69) is 15.6 Å². The van der Waals surface area contributed by atoms with E-state index < -0.39 is 5.82 Å². The maximum Gasteiger partial charge on any atom is 0.255 e. The summed E-state index contributed by atoms with van der Waals surface area (Å²) in [5.74, 6) is -0.537. The highest BCUT2D eigenvalue weighted by atomic mass is 19.1. The van der Waals surface area contributed by atoms with E-state index in [0.717, 1.165) is 12.3 Å². The van der Waals surface area contributed by atoms with Crippen molar-refractivity contribution in [2.24, 2.45) is 0 Å². The zero-order chi connectivity index (χ0) is 13.5. The van der Waals surface area contributed by atoms with Crippen LogP contribution in [-0.2, 0) is 4.74 Å². The van der Waals surface area contributed by atoms with Crippen molar-refractivity contribution in [1.82, 2.24) is 10.3 Å². The number of carbonyl (C=O) groups is 1. The van der Waals surface area contributed by atoms with Gasteiger partial charge in [0.05, 0.1) is 17.9 Å². The van der Waals surface area contributed by atoms with Crippen LogP contribution >= 0.6 is 0 Å². The fraction of sp³-hybridized carbons (Fsp3) is 0.500. The van der Waals surface area contributed by atoms with Crippen LogP contribution in [0.25, 0.3) is 0 Å². The van der Waals surface area contributed by atoms with Gasteiger partial charge in [-0.1, -0.05) is 0 Å². The van der Waals surface area contributed by atoms with Gasteiger partial charge in [0.2, 0.25) is 0 Å². The summed E-state index contributed by atoms with van der Waals surface area (Å²) in [7, 11) is 1.56. The predicted molar refractivity (Wildman–Crippen MR) is 67.2 cm³/mol. The van der Waals surface area contributed by atoms with E-state index in [1.807, 2.05) is 13.8 Å². The molecule has 6 heteroatoms. The minimum absolute atomic E-state index is 0.0990. The molecule has 1 aromatic heterocycles. The number of hydrogen-bond donors (Lipinski definition) is 2. The molecule has 0 saturated heterocycles. The molecule has 1 amide bonds. The van der Waals surface area contributed by atoms with Crippen LogP contribution in [0.5, 0.6) is 0 Å². The number of nitrogens with zero attached hydrogens (tertiary/aromatic N) is 1. The molecule has 0 aromatic carbocycles. The van der Waals surface area contributed by atoms with Crippen molar-refractivity contribution >= 4 is 11.7 Å². The fourth-order valence-corrected chi connectivity index (χ4v) is 1.34. The number of carbonyl (C=O) groups excluding carboxylic acids is 1. The van der Waals surface area contributed by atoms with E-state index in [1.165, 1.54) is 0 Å². The number of anilines is 1. The van der Waals surface area contributed by atoms with E-state index in [1.54, 1.807) is 7.11 Å². The lowest BCUT2D eigenvalue weighted by molar-refractivity contribution is 0.0870. The number of pyridine rings is 1. The topological polar surface area (TPSA) is 63.2 Å². The van der Waals surface area contributed by atoms with Gasteiger partial charge in [0.15, 0.2) is 0 Å². The van der Waals surface area contributed by atoms with E-state index in [-0.39, 0.29) is 17.6 Å². The average Bonchev–Trinajstić information content (AvgIpc) is 2.37. The Morgan fingerprint density at radius 1 is 1.61 bits per heavy atom. The summed E-state index contributed by atoms with van der Waals surface area (Å²) < 4.78 is 18.1. The molecular formula is C12H18FN3O2. The number of halogens is 1. The van der Waals surface area contributed by atoms with Crippen LogP contribution in [0.1, 0.15) is 24.2 Å². The van der Waals surface area contributed by atoms with Gasteiger partial charge < -0.3 is 15.4 Å². The van der Waals surface area contributed by atoms with Gasteiger partial charge >= 0.3 is 0 Å². The molecule has 0 spiro atoms. The lowest BCUT2D eigenvalue weighted by Crippen LogP contribution is -2.32. The summed E-state index contributed by atoms with van der Waals surface area (Å²) in [5.41, 5.74) is 0.195. The first-order valence-electron chi connectivity index (χ1n) is 5.78. The summed E-state index contributed by atoms with van der Waals surface area (Å²) in [6.07, 6.45) is 0.977. The zero-order valence-electron chi connectivity index (χ0n) is 10.8. The molecule has 1 aromatic rings. The number of aromatic nitrogens is 1. The third kappa shape index (κ3) is 3.96. The van der Waals surface area contributed by atoms with Gasteiger partial charge in [-0.15, -0.1) is 0 Å². The van der Waals surface area contributed by atoms with E-state index in [9.17, 15) is 9.18 Å². The standard InChI is InChI=1S/C12H18FN3O2/c1-4-14-11-10(5-9(13)7-15-11)12(17)16-6-8(2)18-3/h5,7-8H,4,6H2,1-3H3,(H,14,15)(H,16,17). The SMILES string of the molecule is CCNc1ncc(F)cc1C(=O)NCC(C)OC. The highest BCUT2D eigenvalue weighted by Crippen LogP contribution is 2.13. The van der Waals surface area contributed by atoms with Gasteiger partial charge in [0, 0.05) is 20.2 Å². The Kier molecular flexibility index (Phi) is 5.51. The smallest absolute Gasteiger partial charge is 0.255 e. The molecule has 18 heavy (non-hydrogen) atoms. The third-order valence-electron chi connectivity index (χ3n) is 2.40. The number of ether oxygens (including phenoxy) is 1. The third-order valence-corrected chi connectivity index (χ3v) is 2.40. The van der Waals surface area contributed by atoms with Gasteiger partial charge in [0.25, 0.3) is 5.91 Å². The van der Waals surface area contributed by atoms with Crippen molar-refractivity contribution in [3.63, 3.8) is 0 Å². The first-order valence-corrected chi connectivity index (χ1v) is 5.78. The van der Waals surface area contributed by atoms with Crippen LogP contribution in [0, 0.1) is 5.82 Å². The Morgan fingerprint density at radius 2 is 2.33 bits per heavy atom. The Hall–Kier alpha value is -1.69. The first kappa shape index (κ1) is 14.4. The number of amides is 1. The summed E-state index contributed by atoms with van der Waals surface area (Å²) in [4.78, 5) is 15.8. The molecular weight excluding hydrogens is 237 g/mol. The van der Waals surface area contributed by atoms with Gasteiger partial charge in [-0.2, -0.15) is 0 Å². The van der Waals surface area contributed by atoms with Gasteiger partial charge in [-0.25, -0.2) is 9.37 Å². The quantitative estimate of drug-likeness (QED) is 0.807. The maximum absolute atomic E-state index is 13.1. The Labute approximate surface area is 106 Å². The van der Waals surface area contributed by atoms with Crippen LogP contribution in [-0.4, -0.2) is 37.2 Å². The van der Waals surface area contributed by atoms with Crippen LogP contribution < -0.4 is 10.6 Å². The second kappa shape index (κ2) is 6.90. The lowest BCUT2D eigenvalue weighted by Gasteiger charge is -2.13. The molecule has 0 saturated carbocycles. The summed E-state index contributed by atoms with van der Waals surface area (Å²) in [5, 5.41) is 5.58. The minimum atomic E-state index is -0.540. The maximum atomic E-state index is 13.1. The number of nitrogens with one attached hydrogen (secondary N) is 2. The van der Waals surface area contributed by atoms with Gasteiger partial charge in [-0.05, 0) is 19.9 Å². The molecule has 2 N–H and O–H groups in total. The Morgan fingerprint density at radius 3 is 2.94 bits per heavy atom. The summed E-state index contributed by atoms with van der Waals surface area (Å²) >= 11 is 0. The molecule has 1 atom stereocenters. The van der Waals surface area contributed by atoms with Crippen molar-refractivity contribution in [2.45, 2.75) is 20.0 Å². The Bertz CT molecular complexity index is 412. The first-order chi connectivity index (χ1) is 8.58. The molecule has 5 nitrogen and oxygen atoms in total. The second-order valence-electron chi connectivity index (χ2n) is 3.84. The van der Waals surface area contributed by atoms with Gasteiger partial charge in [0.1, 0.15) is 11.6 Å². The molecule has 0 aliphatic rings. The highest BCUT2D eigenvalue weighted by molar-refractivity contribution is 5.98. The molecule has 1 heterocycles. The molecule has 0 aliphatic heterocycles. The highest BCUT2D eigenvalue weighted by Gasteiger charge is 2.14. The number of methoxy groups -OCH3 is 1. The van der Waals surface area contributed by atoms with Crippen LogP contribution in [0.2, 0.25) is 0 Å². The number of hydrogen-bond acceptors (Lipinski definition) is 4. The van der Waals surface area contributed by atoms with Crippen molar-refractivity contribution in [3.8, 4) is 0 Å². The van der Waals surface area contributed by atoms with Crippen LogP contribution in [0.3, 0.4) is 0 Å². The van der Waals surface area contributed by atoms with Crippen molar-refractivity contribution < 1.29 is 13.9 Å². The molecule has 0 fully saturated rings. The van der Waals surface area contributed by atoms with E-state index in [0.29, 0.717) is 18.9 Å². The normalized spacial score (nSPS) is 12.0. The van der Waals surface area contributed by atoms with Crippen LogP contribution in [0.15, 0.2) is 12.3 Å². The molecule has 1 unspecified atom stereocenters. The van der Waals surface area contributed by atoms with Crippen LogP contribution in [0.4, 0.5) is 10.2 Å². The number of rotatable bonds is 6. The molecule has 100 valence electrons. The Balaban J connectivity index is 2.79. The lowest BCUT2D eigenvalue weighted by atomic mass is 10.2. The van der Waals surface area contributed by atoms with Crippen molar-refractivity contribution in [1.29, 1.82) is 0 Å². The molecule has 1 rings (SSSR count).